The molecular formula is C65H41NS2. The number of hydrogen-bond acceptors (Lipinski definition) is 2. The minimum atomic E-state index is 0.876. The van der Waals surface area contributed by atoms with Gasteiger partial charge in [0.1, 0.15) is 0 Å². The minimum absolute atomic E-state index is 0.876. The van der Waals surface area contributed by atoms with Crippen molar-refractivity contribution in [1.29, 1.82) is 0 Å². The van der Waals surface area contributed by atoms with Gasteiger partial charge in [-0.25, -0.2) is 0 Å². The molecule has 14 aromatic rings. The summed E-state index contributed by atoms with van der Waals surface area (Å²) >= 11 is 3.84. The normalized spacial score (nSPS) is 12.4. The predicted octanol–water partition coefficient (Wildman–Crippen LogP) is 19.3. The van der Waals surface area contributed by atoms with E-state index in [0.29, 0.717) is 0 Å². The molecule has 3 heterocycles. The molecule has 0 fully saturated rings. The van der Waals surface area contributed by atoms with Crippen LogP contribution in [0.25, 0.3) is 134 Å². The summed E-state index contributed by atoms with van der Waals surface area (Å²) < 4.78 is 7.86. The van der Waals surface area contributed by atoms with Gasteiger partial charge in [-0.15, -0.1) is 22.7 Å². The topological polar surface area (TPSA) is 4.93 Å². The largest absolute Gasteiger partial charge is 0.309 e. The molecule has 318 valence electrons. The maximum absolute atomic E-state index is 3.81. The van der Waals surface area contributed by atoms with Crippen molar-refractivity contribution in [2.45, 2.75) is 6.42 Å². The highest BCUT2D eigenvalue weighted by Gasteiger charge is 2.21. The number of allylic oxidation sites excluding steroid dienone is 5. The van der Waals surface area contributed by atoms with Crippen LogP contribution in [0.1, 0.15) is 5.56 Å². The lowest BCUT2D eigenvalue weighted by Gasteiger charge is -2.16. The summed E-state index contributed by atoms with van der Waals surface area (Å²) in [7, 11) is 0. The molecule has 11 aromatic carbocycles. The van der Waals surface area contributed by atoms with E-state index in [9.17, 15) is 0 Å². The van der Waals surface area contributed by atoms with E-state index >= 15 is 0 Å². The Balaban J connectivity index is 1.00. The molecule has 0 aliphatic rings. The van der Waals surface area contributed by atoms with Gasteiger partial charge in [0.2, 0.25) is 0 Å². The Kier molecular flexibility index (Phi) is 8.92. The highest BCUT2D eigenvalue weighted by molar-refractivity contribution is 7.27. The summed E-state index contributed by atoms with van der Waals surface area (Å²) in [6.45, 7) is 3.81. The molecule has 0 saturated carbocycles. The molecule has 0 bridgehead atoms. The molecule has 0 N–H and O–H groups in total. The van der Waals surface area contributed by atoms with Crippen molar-refractivity contribution in [3.63, 3.8) is 0 Å². The Hall–Kier alpha value is -8.08. The van der Waals surface area contributed by atoms with Crippen molar-refractivity contribution in [1.82, 2.24) is 4.57 Å². The summed E-state index contributed by atoms with van der Waals surface area (Å²) in [6, 6.07) is 73.0. The van der Waals surface area contributed by atoms with Gasteiger partial charge in [-0.05, 0) is 103 Å². The molecule has 14 rings (SSSR count). The fraction of sp³-hybridized carbons (Fsp3) is 0.0154. The number of thiophene rings is 2. The molecule has 0 aliphatic carbocycles. The van der Waals surface area contributed by atoms with Crippen LogP contribution in [0.5, 0.6) is 0 Å². The highest BCUT2D eigenvalue weighted by atomic mass is 32.1. The number of benzene rings is 11. The van der Waals surface area contributed by atoms with Crippen LogP contribution in [-0.4, -0.2) is 4.57 Å². The number of aromatic nitrogens is 1. The van der Waals surface area contributed by atoms with Crippen molar-refractivity contribution in [2.24, 2.45) is 0 Å². The molecule has 3 aromatic heterocycles. The Morgan fingerprint density at radius 1 is 0.382 bits per heavy atom. The van der Waals surface area contributed by atoms with Crippen LogP contribution in [-0.2, 0) is 6.42 Å². The lowest BCUT2D eigenvalue weighted by atomic mass is 9.93. The summed E-state index contributed by atoms with van der Waals surface area (Å²) in [5, 5.41) is 15.5. The second-order valence-electron chi connectivity index (χ2n) is 17.9. The maximum Gasteiger partial charge on any atom is 0.0541 e. The third-order valence-corrected chi connectivity index (χ3v) is 16.8. The van der Waals surface area contributed by atoms with Gasteiger partial charge >= 0.3 is 0 Å². The van der Waals surface area contributed by atoms with Gasteiger partial charge in [0.25, 0.3) is 0 Å². The van der Waals surface area contributed by atoms with Crippen LogP contribution in [0.3, 0.4) is 0 Å². The Labute approximate surface area is 401 Å². The lowest BCUT2D eigenvalue weighted by Crippen LogP contribution is -1.96. The first-order valence-corrected chi connectivity index (χ1v) is 25.0. The summed E-state index contributed by atoms with van der Waals surface area (Å²) in [4.78, 5) is 0. The van der Waals surface area contributed by atoms with E-state index in [4.69, 9.17) is 0 Å². The molecule has 0 amide bonds. The van der Waals surface area contributed by atoms with Crippen LogP contribution in [0.4, 0.5) is 0 Å². The zero-order chi connectivity index (χ0) is 44.9. The van der Waals surface area contributed by atoms with Crippen LogP contribution in [0.2, 0.25) is 0 Å². The van der Waals surface area contributed by atoms with Crippen molar-refractivity contribution in [3.05, 3.63) is 237 Å². The van der Waals surface area contributed by atoms with E-state index in [1.807, 2.05) is 40.9 Å². The lowest BCUT2D eigenvalue weighted by molar-refractivity contribution is 1.20. The second-order valence-corrected chi connectivity index (χ2v) is 19.9. The van der Waals surface area contributed by atoms with Crippen LogP contribution >= 0.6 is 22.7 Å². The number of rotatable bonds is 8. The molecule has 0 aliphatic heterocycles. The monoisotopic (exact) mass is 899 g/mol. The van der Waals surface area contributed by atoms with Gasteiger partial charge < -0.3 is 4.57 Å². The number of nitrogens with zero attached hydrogens (tertiary/aromatic N) is 1. The second kappa shape index (κ2) is 15.5. The van der Waals surface area contributed by atoms with Gasteiger partial charge in [-0.1, -0.05) is 201 Å². The van der Waals surface area contributed by atoms with Gasteiger partial charge in [0, 0.05) is 56.5 Å². The highest BCUT2D eigenvalue weighted by Crippen LogP contribution is 2.47. The standard InChI is InChI=1S/C65H41NS2/c1-2-3-4-5-7-17-44-20-11-24-50-51-25-13-22-48(64(51)67-62(44)50)45-32-36-58-55(38-45)56-39-46(49-23-14-27-53-52-26-12-21-47(63(52)68-65(49)53)40-15-8-6-9-16-40)33-37-59(56)66(58)57-35-31-43-29-28-41-18-10-19-42-30-34-54(57)61(43)60(41)42/h2-16,18-39H,1,17H2/b4-3-,7-5-. The van der Waals surface area contributed by atoms with Gasteiger partial charge in [-0.3, -0.25) is 0 Å². The zero-order valence-electron chi connectivity index (χ0n) is 37.0. The van der Waals surface area contributed by atoms with Gasteiger partial charge in [-0.2, -0.15) is 0 Å². The minimum Gasteiger partial charge on any atom is -0.309 e. The predicted molar refractivity (Wildman–Crippen MR) is 299 cm³/mol. The Bertz CT molecular complexity index is 4400. The first-order chi connectivity index (χ1) is 33.7. The first kappa shape index (κ1) is 39.1. The van der Waals surface area contributed by atoms with E-state index in [0.717, 1.165) is 6.42 Å². The number of hydrogen-bond donors (Lipinski definition) is 0. The van der Waals surface area contributed by atoms with Crippen LogP contribution in [0.15, 0.2) is 231 Å². The van der Waals surface area contributed by atoms with E-state index < -0.39 is 0 Å². The summed E-state index contributed by atoms with van der Waals surface area (Å²) in [5.41, 5.74) is 12.5. The van der Waals surface area contributed by atoms with Crippen LogP contribution in [0, 0.1) is 0 Å². The van der Waals surface area contributed by atoms with Crippen molar-refractivity contribution < 1.29 is 0 Å². The fourth-order valence-corrected chi connectivity index (χ4v) is 13.8. The summed E-state index contributed by atoms with van der Waals surface area (Å²) in [6.07, 6.45) is 11.1. The molecule has 3 heteroatoms. The first-order valence-electron chi connectivity index (χ1n) is 23.3. The Morgan fingerprint density at radius 3 is 1.54 bits per heavy atom. The number of fused-ring (bicyclic) bond motifs is 9. The maximum atomic E-state index is 3.81. The molecule has 1 nitrogen and oxygen atoms in total. The molecule has 0 radical (unpaired) electrons. The van der Waals surface area contributed by atoms with E-state index in [1.54, 1.807) is 0 Å². The van der Waals surface area contributed by atoms with Crippen LogP contribution < -0.4 is 0 Å². The molecule has 0 saturated heterocycles. The average Bonchev–Trinajstić information content (AvgIpc) is 4.08. The van der Waals surface area contributed by atoms with Crippen molar-refractivity contribution >= 4 is 117 Å². The zero-order valence-corrected chi connectivity index (χ0v) is 38.7. The van der Waals surface area contributed by atoms with E-state index in [2.05, 4.69) is 217 Å². The molecule has 0 spiro atoms. The average molecular weight is 900 g/mol. The van der Waals surface area contributed by atoms with Gasteiger partial charge in [0.15, 0.2) is 0 Å². The smallest absolute Gasteiger partial charge is 0.0541 e. The fourth-order valence-electron chi connectivity index (χ4n) is 11.1. The third-order valence-electron chi connectivity index (χ3n) is 14.2. The van der Waals surface area contributed by atoms with Crippen molar-refractivity contribution in [2.75, 3.05) is 0 Å². The molecule has 68 heavy (non-hydrogen) atoms. The SMILES string of the molecule is C=C/C=C\C=C/Cc1cccc2c1sc1c(-c3ccc4c(c3)c3cc(-c5cccc6c5sc5c(-c7ccccc7)cccc56)ccc3n4-c3ccc4ccc5cccc6ccc3c4c56)cccc12. The molecule has 0 unspecified atom stereocenters. The molecule has 0 atom stereocenters. The van der Waals surface area contributed by atoms with E-state index in [1.165, 1.54) is 139 Å². The quantitative estimate of drug-likeness (QED) is 0.106. The van der Waals surface area contributed by atoms with Crippen molar-refractivity contribution in [3.8, 4) is 39.1 Å². The Morgan fingerprint density at radius 2 is 0.912 bits per heavy atom. The summed E-state index contributed by atoms with van der Waals surface area (Å²) in [5.74, 6) is 0. The van der Waals surface area contributed by atoms with E-state index in [-0.39, 0.29) is 0 Å². The molecular weight excluding hydrogens is 859 g/mol. The van der Waals surface area contributed by atoms with Gasteiger partial charge in [0.05, 0.1) is 16.7 Å². The third kappa shape index (κ3) is 5.93.